The van der Waals surface area contributed by atoms with Crippen LogP contribution in [0.5, 0.6) is 0 Å². The summed E-state index contributed by atoms with van der Waals surface area (Å²) in [5, 5.41) is 4.92. The lowest BCUT2D eigenvalue weighted by atomic mass is 10.2. The summed E-state index contributed by atoms with van der Waals surface area (Å²) in [5.74, 6) is -0.941. The first-order valence-electron chi connectivity index (χ1n) is 5.52. The van der Waals surface area contributed by atoms with Gasteiger partial charge >= 0.3 is 0 Å². The van der Waals surface area contributed by atoms with Crippen molar-refractivity contribution in [3.8, 4) is 0 Å². The molecule has 0 atom stereocenters. The Morgan fingerprint density at radius 3 is 2.14 bits per heavy atom. The minimum absolute atomic E-state index is 0.0752. The highest BCUT2D eigenvalue weighted by molar-refractivity contribution is 7.95. The minimum Gasteiger partial charge on any atom is -0.326 e. The summed E-state index contributed by atoms with van der Waals surface area (Å²) in [5.41, 5.74) is 5.79. The van der Waals surface area contributed by atoms with Crippen molar-refractivity contribution in [1.29, 1.82) is 0 Å². The van der Waals surface area contributed by atoms with Crippen LogP contribution in [0.1, 0.15) is 5.56 Å². The van der Waals surface area contributed by atoms with Gasteiger partial charge in [-0.3, -0.25) is 0 Å². The van der Waals surface area contributed by atoms with E-state index in [-0.39, 0.29) is 15.0 Å². The second-order valence-electron chi connectivity index (χ2n) is 4.09. The second-order valence-corrected chi connectivity index (χ2v) is 9.11. The van der Waals surface area contributed by atoms with Gasteiger partial charge in [0.25, 0.3) is 0 Å². The molecule has 0 aliphatic heterocycles. The molecule has 1 aromatic carbocycles. The highest BCUT2D eigenvalue weighted by atomic mass is 32.3. The van der Waals surface area contributed by atoms with Crippen molar-refractivity contribution < 1.29 is 21.2 Å². The molecule has 0 radical (unpaired) electrons. The number of sulfonamides is 1. The van der Waals surface area contributed by atoms with Crippen LogP contribution in [0.3, 0.4) is 0 Å². The first-order chi connectivity index (χ1) is 9.66. The molecule has 0 saturated heterocycles. The summed E-state index contributed by atoms with van der Waals surface area (Å²) in [6.45, 7) is 0.0752. The largest absolute Gasteiger partial charge is 0.326 e. The summed E-state index contributed by atoms with van der Waals surface area (Å²) in [6.07, 6.45) is 0. The maximum Gasteiger partial charge on any atom is 0.247 e. The van der Waals surface area contributed by atoms with Gasteiger partial charge in [0.15, 0.2) is 0 Å². The molecular formula is C11H11FN2O4S3. The molecule has 0 fully saturated rings. The van der Waals surface area contributed by atoms with Crippen molar-refractivity contribution in [2.45, 2.75) is 19.9 Å². The number of rotatable bonds is 4. The van der Waals surface area contributed by atoms with E-state index in [1.54, 1.807) is 0 Å². The van der Waals surface area contributed by atoms with Gasteiger partial charge in [0.1, 0.15) is 19.1 Å². The van der Waals surface area contributed by atoms with Crippen LogP contribution in [-0.2, 0) is 26.4 Å². The molecule has 114 valence electrons. The van der Waals surface area contributed by atoms with Crippen molar-refractivity contribution in [3.05, 3.63) is 41.7 Å². The molecule has 10 heteroatoms. The number of hydrogen-bond acceptors (Lipinski definition) is 6. The first-order valence-corrected chi connectivity index (χ1v) is 9.37. The quantitative estimate of drug-likeness (QED) is 0.846. The number of thiophene rings is 1. The van der Waals surface area contributed by atoms with Crippen LogP contribution >= 0.6 is 11.3 Å². The fourth-order valence-corrected chi connectivity index (χ4v) is 5.22. The second kappa shape index (κ2) is 5.46. The molecule has 21 heavy (non-hydrogen) atoms. The molecule has 2 aromatic rings. The number of nitrogens with two attached hydrogens (primary N) is 2. The Bertz CT molecular complexity index is 888. The number of hydrogen-bond donors (Lipinski definition) is 2. The van der Waals surface area contributed by atoms with Crippen LogP contribution in [-0.4, -0.2) is 16.8 Å². The van der Waals surface area contributed by atoms with Crippen LogP contribution < -0.4 is 10.9 Å². The third-order valence-corrected chi connectivity index (χ3v) is 7.43. The Kier molecular flexibility index (Phi) is 4.17. The van der Waals surface area contributed by atoms with Crippen LogP contribution in [0.2, 0.25) is 0 Å². The Balaban J connectivity index is 2.55. The SMILES string of the molecule is NCc1ccc(S(=O)(=O)c2ccc(S(N)(=O)=O)s2)c(F)c1. The van der Waals surface area contributed by atoms with E-state index in [1.165, 1.54) is 6.07 Å². The van der Waals surface area contributed by atoms with Crippen molar-refractivity contribution in [1.82, 2.24) is 0 Å². The molecule has 0 aliphatic rings. The maximum absolute atomic E-state index is 13.9. The van der Waals surface area contributed by atoms with Gasteiger partial charge in [0.05, 0.1) is 0 Å². The average Bonchev–Trinajstić information content (AvgIpc) is 2.88. The number of benzene rings is 1. The highest BCUT2D eigenvalue weighted by Gasteiger charge is 2.25. The van der Waals surface area contributed by atoms with Crippen molar-refractivity contribution in [3.63, 3.8) is 0 Å². The molecule has 4 N–H and O–H groups in total. The Morgan fingerprint density at radius 1 is 1.05 bits per heavy atom. The average molecular weight is 350 g/mol. The summed E-state index contributed by atoms with van der Waals surface area (Å²) in [4.78, 5) is -0.539. The molecule has 0 amide bonds. The molecule has 0 bridgehead atoms. The number of primary sulfonamides is 1. The standard InChI is InChI=1S/C11H11FN2O4S3/c12-8-5-7(6-13)1-2-9(8)20(15,16)10-3-4-11(19-10)21(14,17)18/h1-5H,6,13H2,(H2,14,17,18). The molecule has 2 rings (SSSR count). The fourth-order valence-electron chi connectivity index (χ4n) is 1.60. The summed E-state index contributed by atoms with van der Waals surface area (Å²) in [6, 6.07) is 5.67. The predicted molar refractivity (Wildman–Crippen MR) is 75.4 cm³/mol. The number of halogens is 1. The minimum atomic E-state index is -4.15. The maximum atomic E-state index is 13.9. The van der Waals surface area contributed by atoms with Gasteiger partial charge in [-0.2, -0.15) is 0 Å². The summed E-state index contributed by atoms with van der Waals surface area (Å²) in [7, 11) is -8.15. The molecule has 6 nitrogen and oxygen atoms in total. The first kappa shape index (κ1) is 16.0. The van der Waals surface area contributed by atoms with Gasteiger partial charge in [0, 0.05) is 6.54 Å². The molecule has 0 spiro atoms. The van der Waals surface area contributed by atoms with Gasteiger partial charge in [-0.1, -0.05) is 6.07 Å². The normalized spacial score (nSPS) is 12.5. The van der Waals surface area contributed by atoms with Crippen LogP contribution in [0.25, 0.3) is 0 Å². The monoisotopic (exact) mass is 350 g/mol. The lowest BCUT2D eigenvalue weighted by Gasteiger charge is -2.05. The summed E-state index contributed by atoms with van der Waals surface area (Å²) >= 11 is 0.468. The van der Waals surface area contributed by atoms with E-state index >= 15 is 0 Å². The molecule has 1 aromatic heterocycles. The fraction of sp³-hybridized carbons (Fsp3) is 0.0909. The zero-order chi connectivity index (χ0) is 15.8. The van der Waals surface area contributed by atoms with Crippen molar-refractivity contribution in [2.24, 2.45) is 10.9 Å². The van der Waals surface area contributed by atoms with Crippen LogP contribution in [0.4, 0.5) is 4.39 Å². The lowest BCUT2D eigenvalue weighted by molar-refractivity contribution is 0.567. The Morgan fingerprint density at radius 2 is 1.67 bits per heavy atom. The summed E-state index contributed by atoms with van der Waals surface area (Å²) < 4.78 is 60.2. The van der Waals surface area contributed by atoms with E-state index < -0.39 is 30.6 Å². The molecule has 0 saturated carbocycles. The van der Waals surface area contributed by atoms with Crippen LogP contribution in [0.15, 0.2) is 43.6 Å². The van der Waals surface area contributed by atoms with Gasteiger partial charge in [-0.15, -0.1) is 11.3 Å². The predicted octanol–water partition coefficient (Wildman–Crippen LogP) is 0.826. The van der Waals surface area contributed by atoms with Gasteiger partial charge in [-0.05, 0) is 29.8 Å². The van der Waals surface area contributed by atoms with E-state index in [1.807, 2.05) is 0 Å². The van der Waals surface area contributed by atoms with Gasteiger partial charge in [0.2, 0.25) is 19.9 Å². The van der Waals surface area contributed by atoms with Gasteiger partial charge in [-0.25, -0.2) is 26.4 Å². The van der Waals surface area contributed by atoms with Gasteiger partial charge < -0.3 is 5.73 Å². The highest BCUT2D eigenvalue weighted by Crippen LogP contribution is 2.31. The molecule has 1 heterocycles. The smallest absolute Gasteiger partial charge is 0.247 e. The lowest BCUT2D eigenvalue weighted by Crippen LogP contribution is -2.10. The third kappa shape index (κ3) is 3.14. The Hall–Kier alpha value is -1.33. The number of sulfone groups is 1. The molecular weight excluding hydrogens is 339 g/mol. The van der Waals surface area contributed by atoms with E-state index in [9.17, 15) is 21.2 Å². The van der Waals surface area contributed by atoms with E-state index in [0.29, 0.717) is 16.9 Å². The van der Waals surface area contributed by atoms with Crippen LogP contribution in [0, 0.1) is 5.82 Å². The van der Waals surface area contributed by atoms with E-state index in [4.69, 9.17) is 10.9 Å². The van der Waals surface area contributed by atoms with E-state index in [2.05, 4.69) is 0 Å². The zero-order valence-corrected chi connectivity index (χ0v) is 12.9. The van der Waals surface area contributed by atoms with Crippen molar-refractivity contribution in [2.75, 3.05) is 0 Å². The molecule has 0 aliphatic carbocycles. The molecule has 0 unspecified atom stereocenters. The zero-order valence-electron chi connectivity index (χ0n) is 10.5. The van der Waals surface area contributed by atoms with E-state index in [0.717, 1.165) is 24.3 Å². The van der Waals surface area contributed by atoms with Crippen molar-refractivity contribution >= 4 is 31.2 Å². The topological polar surface area (TPSA) is 120 Å². The Labute approximate surface area is 125 Å². The third-order valence-electron chi connectivity index (χ3n) is 2.62.